The van der Waals surface area contributed by atoms with Gasteiger partial charge in [-0.15, -0.1) is 0 Å². The fraction of sp³-hybridized carbons (Fsp3) is 1.00. The Morgan fingerprint density at radius 2 is 1.30 bits per heavy atom. The Bertz CT molecular complexity index is 59.2. The predicted octanol–water partition coefficient (Wildman–Crippen LogP) is 2.35. The number of rotatable bonds is 0. The summed E-state index contributed by atoms with van der Waals surface area (Å²) in [5.41, 5.74) is 0. The SMILES string of the molecule is CS(C)=O.CSC.[Cl][Pt][Cl]. The first kappa shape index (κ1) is 17.7. The molecule has 0 saturated carbocycles. The zero-order valence-corrected chi connectivity index (χ0v) is 11.7. The van der Waals surface area contributed by atoms with Crippen molar-refractivity contribution < 1.29 is 20.7 Å². The molecule has 6 heteroatoms. The maximum atomic E-state index is 9.56. The van der Waals surface area contributed by atoms with Gasteiger partial charge >= 0.3 is 35.3 Å². The molecule has 70 valence electrons. The van der Waals surface area contributed by atoms with Crippen LogP contribution in [0.1, 0.15) is 0 Å². The summed E-state index contributed by atoms with van der Waals surface area (Å²) in [7, 11) is 9.14. The van der Waals surface area contributed by atoms with Crippen LogP contribution in [-0.2, 0) is 27.3 Å². The average Bonchev–Trinajstić information content (AvgIpc) is 1.65. The molecule has 0 aliphatic rings. The minimum atomic E-state index is -0.611. The molecule has 0 aliphatic carbocycles. The van der Waals surface area contributed by atoms with Crippen molar-refractivity contribution in [3.8, 4) is 0 Å². The summed E-state index contributed by atoms with van der Waals surface area (Å²) in [6.07, 6.45) is 7.36. The Labute approximate surface area is 86.5 Å². The average molecular weight is 406 g/mol. The van der Waals surface area contributed by atoms with Gasteiger partial charge in [0.1, 0.15) is 0 Å². The van der Waals surface area contributed by atoms with Crippen LogP contribution in [0.15, 0.2) is 0 Å². The van der Waals surface area contributed by atoms with Crippen molar-refractivity contribution in [2.75, 3.05) is 25.0 Å². The first-order valence-corrected chi connectivity index (χ1v) is 11.3. The molecule has 1 nitrogen and oxygen atoms in total. The molecule has 0 amide bonds. The first-order valence-electron chi connectivity index (χ1n) is 2.04. The van der Waals surface area contributed by atoms with Crippen LogP contribution >= 0.6 is 30.6 Å². The van der Waals surface area contributed by atoms with Gasteiger partial charge in [-0.05, 0) is 12.5 Å². The molecule has 10 heavy (non-hydrogen) atoms. The summed E-state index contributed by atoms with van der Waals surface area (Å²) in [5, 5.41) is 0. The topological polar surface area (TPSA) is 17.1 Å². The Morgan fingerprint density at radius 1 is 1.30 bits per heavy atom. The molecule has 0 atom stereocenters. The van der Waals surface area contributed by atoms with Gasteiger partial charge in [0.25, 0.3) is 0 Å². The van der Waals surface area contributed by atoms with E-state index in [9.17, 15) is 4.21 Å². The van der Waals surface area contributed by atoms with Crippen molar-refractivity contribution in [3.63, 3.8) is 0 Å². The molecule has 0 fully saturated rings. The number of thioether (sulfide) groups is 1. The van der Waals surface area contributed by atoms with Crippen LogP contribution in [-0.4, -0.2) is 29.2 Å². The summed E-state index contributed by atoms with van der Waals surface area (Å²) in [5.74, 6) is 0. The molecular weight excluding hydrogens is 394 g/mol. The van der Waals surface area contributed by atoms with E-state index in [4.69, 9.17) is 18.8 Å². The van der Waals surface area contributed by atoms with Crippen molar-refractivity contribution in [3.05, 3.63) is 0 Å². The van der Waals surface area contributed by atoms with E-state index in [0.29, 0.717) is 0 Å². The Hall–Kier alpha value is 1.77. The van der Waals surface area contributed by atoms with Crippen LogP contribution < -0.4 is 0 Å². The minimum absolute atomic E-state index is 0.472. The van der Waals surface area contributed by atoms with Gasteiger partial charge in [-0.3, -0.25) is 4.21 Å². The standard InChI is InChI=1S/C2H6OS.C2H6S.2ClH.Pt/c1-4(2)3;1-3-2;;;/h1-2H3;1-2H3;2*1H;/q;;;;+2/p-2. The van der Waals surface area contributed by atoms with E-state index in [1.165, 1.54) is 0 Å². The van der Waals surface area contributed by atoms with Gasteiger partial charge < -0.3 is 0 Å². The normalized spacial score (nSPS) is 7.50. The molecule has 0 radical (unpaired) electrons. The summed E-state index contributed by atoms with van der Waals surface area (Å²) in [6.45, 7) is 0. The van der Waals surface area contributed by atoms with Gasteiger partial charge in [-0.25, -0.2) is 0 Å². The summed E-state index contributed by atoms with van der Waals surface area (Å²) >= 11 is 1.28. The second-order valence-electron chi connectivity index (χ2n) is 1.20. The monoisotopic (exact) mass is 405 g/mol. The third-order valence-corrected chi connectivity index (χ3v) is 0. The molecule has 0 rings (SSSR count). The van der Waals surface area contributed by atoms with E-state index >= 15 is 0 Å². The molecule has 0 aromatic rings. The van der Waals surface area contributed by atoms with Crippen molar-refractivity contribution in [2.45, 2.75) is 0 Å². The molecule has 0 aromatic carbocycles. The molecule has 0 aliphatic heterocycles. The third-order valence-electron chi connectivity index (χ3n) is 0. The Kier molecular flexibility index (Phi) is 39.8. The van der Waals surface area contributed by atoms with E-state index in [2.05, 4.69) is 0 Å². The van der Waals surface area contributed by atoms with E-state index in [-0.39, 0.29) is 0 Å². The molecule has 0 heterocycles. The fourth-order valence-electron chi connectivity index (χ4n) is 0. The number of halogens is 2. The molecule has 0 bridgehead atoms. The number of hydrogen-bond acceptors (Lipinski definition) is 2. The zero-order chi connectivity index (χ0) is 8.99. The van der Waals surface area contributed by atoms with Crippen LogP contribution in [0.2, 0.25) is 0 Å². The molecular formula is C4H12Cl2OPtS2. The quantitative estimate of drug-likeness (QED) is 0.615. The van der Waals surface area contributed by atoms with E-state index in [0.717, 1.165) is 0 Å². The second-order valence-corrected chi connectivity index (χ2v) is 6.78. The van der Waals surface area contributed by atoms with Crippen molar-refractivity contribution in [1.29, 1.82) is 0 Å². The van der Waals surface area contributed by atoms with Crippen molar-refractivity contribution >= 4 is 41.4 Å². The van der Waals surface area contributed by atoms with Crippen molar-refractivity contribution in [2.24, 2.45) is 0 Å². The molecule has 0 saturated heterocycles. The predicted molar refractivity (Wildman–Crippen MR) is 51.1 cm³/mol. The van der Waals surface area contributed by atoms with E-state index < -0.39 is 27.3 Å². The molecule has 0 unspecified atom stereocenters. The van der Waals surface area contributed by atoms with Crippen LogP contribution in [0.4, 0.5) is 0 Å². The van der Waals surface area contributed by atoms with Gasteiger partial charge in [0.2, 0.25) is 0 Å². The molecule has 0 spiro atoms. The Balaban J connectivity index is -0.0000000750. The zero-order valence-electron chi connectivity index (χ0n) is 6.30. The van der Waals surface area contributed by atoms with Crippen LogP contribution in [0, 0.1) is 0 Å². The summed E-state index contributed by atoms with van der Waals surface area (Å²) < 4.78 is 9.56. The first-order chi connectivity index (χ1) is 4.56. The summed E-state index contributed by atoms with van der Waals surface area (Å²) in [6, 6.07) is 0. The third kappa shape index (κ3) is 240. The van der Waals surface area contributed by atoms with Gasteiger partial charge in [0.05, 0.1) is 0 Å². The van der Waals surface area contributed by atoms with Crippen LogP contribution in [0.5, 0.6) is 0 Å². The molecule has 0 N–H and O–H groups in total. The van der Waals surface area contributed by atoms with Gasteiger partial charge in [-0.2, -0.15) is 11.8 Å². The van der Waals surface area contributed by atoms with Crippen molar-refractivity contribution in [1.82, 2.24) is 0 Å². The van der Waals surface area contributed by atoms with Gasteiger partial charge in [0.15, 0.2) is 0 Å². The summed E-state index contributed by atoms with van der Waals surface area (Å²) in [4.78, 5) is 0. The van der Waals surface area contributed by atoms with Gasteiger partial charge in [0, 0.05) is 23.3 Å². The maximum absolute atomic E-state index is 9.56. The van der Waals surface area contributed by atoms with Gasteiger partial charge in [-0.1, -0.05) is 0 Å². The van der Waals surface area contributed by atoms with Crippen LogP contribution in [0.3, 0.4) is 0 Å². The van der Waals surface area contributed by atoms with Crippen LogP contribution in [0.25, 0.3) is 0 Å². The second kappa shape index (κ2) is 22.4. The van der Waals surface area contributed by atoms with E-state index in [1.807, 2.05) is 12.5 Å². The fourth-order valence-corrected chi connectivity index (χ4v) is 0. The molecule has 0 aromatic heterocycles. The Morgan fingerprint density at radius 3 is 1.30 bits per heavy atom. The van der Waals surface area contributed by atoms with E-state index in [1.54, 1.807) is 24.3 Å². The number of hydrogen-bond donors (Lipinski definition) is 0.